The number of nitro benzene ring substituents is 1. The van der Waals surface area contributed by atoms with E-state index in [0.717, 1.165) is 0 Å². The fourth-order valence-corrected chi connectivity index (χ4v) is 1.77. The van der Waals surface area contributed by atoms with Gasteiger partial charge in [0.2, 0.25) is 0 Å². The van der Waals surface area contributed by atoms with Gasteiger partial charge in [-0.2, -0.15) is 0 Å². The van der Waals surface area contributed by atoms with Crippen LogP contribution in [0.4, 0.5) is 11.4 Å². The SMILES string of the molecule is Nc1cc(Oc2cc(Cl)ccc2Cl)cc([N+](=O)[O-])c1. The van der Waals surface area contributed by atoms with Crippen molar-refractivity contribution in [1.29, 1.82) is 0 Å². The first-order valence-electron chi connectivity index (χ1n) is 5.13. The van der Waals surface area contributed by atoms with Crippen LogP contribution in [0.5, 0.6) is 11.5 Å². The van der Waals surface area contributed by atoms with E-state index >= 15 is 0 Å². The Morgan fingerprint density at radius 2 is 1.89 bits per heavy atom. The van der Waals surface area contributed by atoms with Crippen molar-refractivity contribution in [3.63, 3.8) is 0 Å². The predicted octanol–water partition coefficient (Wildman–Crippen LogP) is 4.28. The second-order valence-electron chi connectivity index (χ2n) is 3.69. The number of nitrogens with two attached hydrogens (primary N) is 1. The van der Waals surface area contributed by atoms with Crippen LogP contribution >= 0.6 is 23.2 Å². The van der Waals surface area contributed by atoms with E-state index in [9.17, 15) is 10.1 Å². The maximum absolute atomic E-state index is 10.7. The second-order valence-corrected chi connectivity index (χ2v) is 4.54. The molecule has 0 aliphatic heterocycles. The molecule has 2 N–H and O–H groups in total. The minimum Gasteiger partial charge on any atom is -0.455 e. The first-order chi connectivity index (χ1) is 8.95. The minimum atomic E-state index is -0.553. The van der Waals surface area contributed by atoms with Crippen molar-refractivity contribution >= 4 is 34.6 Å². The maximum Gasteiger partial charge on any atom is 0.275 e. The van der Waals surface area contributed by atoms with E-state index in [1.54, 1.807) is 12.1 Å². The topological polar surface area (TPSA) is 78.4 Å². The molecule has 0 aliphatic rings. The zero-order valence-corrected chi connectivity index (χ0v) is 11.0. The highest BCUT2D eigenvalue weighted by Gasteiger charge is 2.11. The molecule has 0 saturated carbocycles. The zero-order valence-electron chi connectivity index (χ0n) is 9.47. The van der Waals surface area contributed by atoms with Gasteiger partial charge < -0.3 is 10.5 Å². The van der Waals surface area contributed by atoms with Gasteiger partial charge in [0.15, 0.2) is 0 Å². The molecular weight excluding hydrogens is 291 g/mol. The summed E-state index contributed by atoms with van der Waals surface area (Å²) >= 11 is 11.8. The highest BCUT2D eigenvalue weighted by atomic mass is 35.5. The smallest absolute Gasteiger partial charge is 0.275 e. The number of hydrogen-bond donors (Lipinski definition) is 1. The van der Waals surface area contributed by atoms with Gasteiger partial charge in [-0.15, -0.1) is 0 Å². The van der Waals surface area contributed by atoms with Gasteiger partial charge in [0, 0.05) is 28.9 Å². The molecule has 0 heterocycles. The van der Waals surface area contributed by atoms with Crippen LogP contribution in [-0.4, -0.2) is 4.92 Å². The molecule has 2 aromatic rings. The molecule has 7 heteroatoms. The van der Waals surface area contributed by atoms with Crippen molar-refractivity contribution in [2.24, 2.45) is 0 Å². The van der Waals surface area contributed by atoms with Crippen molar-refractivity contribution in [3.8, 4) is 11.5 Å². The summed E-state index contributed by atoms with van der Waals surface area (Å²) in [6.45, 7) is 0. The molecule has 0 fully saturated rings. The van der Waals surface area contributed by atoms with E-state index in [0.29, 0.717) is 15.8 Å². The predicted molar refractivity (Wildman–Crippen MR) is 74.0 cm³/mol. The number of non-ortho nitro benzene ring substituents is 1. The lowest BCUT2D eigenvalue weighted by molar-refractivity contribution is -0.384. The largest absolute Gasteiger partial charge is 0.455 e. The Hall–Kier alpha value is -1.98. The van der Waals surface area contributed by atoms with E-state index in [-0.39, 0.29) is 17.1 Å². The molecular formula is C12H8Cl2N2O3. The fraction of sp³-hybridized carbons (Fsp3) is 0. The highest BCUT2D eigenvalue weighted by molar-refractivity contribution is 6.34. The van der Waals surface area contributed by atoms with Gasteiger partial charge in [-0.25, -0.2) is 0 Å². The van der Waals surface area contributed by atoms with Gasteiger partial charge in [0.25, 0.3) is 5.69 Å². The third-order valence-electron chi connectivity index (χ3n) is 2.25. The zero-order chi connectivity index (χ0) is 14.0. The van der Waals surface area contributed by atoms with E-state index in [1.807, 2.05) is 0 Å². The summed E-state index contributed by atoms with van der Waals surface area (Å²) < 4.78 is 5.46. The van der Waals surface area contributed by atoms with Gasteiger partial charge in [0.05, 0.1) is 16.0 Å². The number of nitro groups is 1. The number of anilines is 1. The number of nitrogen functional groups attached to an aromatic ring is 1. The standard InChI is InChI=1S/C12H8Cl2N2O3/c13-7-1-2-11(14)12(3-7)19-10-5-8(15)4-9(6-10)16(17)18/h1-6H,15H2. The fourth-order valence-electron chi connectivity index (χ4n) is 1.45. The lowest BCUT2D eigenvalue weighted by Gasteiger charge is -2.08. The summed E-state index contributed by atoms with van der Waals surface area (Å²) in [6, 6.07) is 8.65. The van der Waals surface area contributed by atoms with Crippen LogP contribution in [0.15, 0.2) is 36.4 Å². The van der Waals surface area contributed by atoms with E-state index in [4.69, 9.17) is 33.7 Å². The molecule has 98 valence electrons. The normalized spacial score (nSPS) is 10.2. The number of halogens is 2. The summed E-state index contributed by atoms with van der Waals surface area (Å²) in [5, 5.41) is 11.5. The summed E-state index contributed by atoms with van der Waals surface area (Å²) in [7, 11) is 0. The number of rotatable bonds is 3. The van der Waals surface area contributed by atoms with Crippen molar-refractivity contribution < 1.29 is 9.66 Å². The molecule has 0 atom stereocenters. The van der Waals surface area contributed by atoms with Gasteiger partial charge in [0.1, 0.15) is 11.5 Å². The third-order valence-corrected chi connectivity index (χ3v) is 2.79. The Morgan fingerprint density at radius 1 is 1.16 bits per heavy atom. The lowest BCUT2D eigenvalue weighted by Crippen LogP contribution is -1.93. The van der Waals surface area contributed by atoms with Crippen LogP contribution in [0, 0.1) is 10.1 Å². The summed E-state index contributed by atoms with van der Waals surface area (Å²) in [5.74, 6) is 0.518. The van der Waals surface area contributed by atoms with Crippen LogP contribution in [0.25, 0.3) is 0 Å². The van der Waals surface area contributed by atoms with Crippen molar-refractivity contribution in [2.45, 2.75) is 0 Å². The van der Waals surface area contributed by atoms with Crippen LogP contribution in [0.3, 0.4) is 0 Å². The monoisotopic (exact) mass is 298 g/mol. The minimum absolute atomic E-state index is 0.159. The van der Waals surface area contributed by atoms with E-state index in [2.05, 4.69) is 0 Å². The maximum atomic E-state index is 10.7. The van der Waals surface area contributed by atoms with Crippen LogP contribution in [0.2, 0.25) is 10.0 Å². The van der Waals surface area contributed by atoms with Crippen LogP contribution in [0.1, 0.15) is 0 Å². The summed E-state index contributed by atoms with van der Waals surface area (Å²) in [5.41, 5.74) is 5.64. The van der Waals surface area contributed by atoms with Gasteiger partial charge >= 0.3 is 0 Å². The average molecular weight is 299 g/mol. The van der Waals surface area contributed by atoms with Crippen LogP contribution < -0.4 is 10.5 Å². The Labute approximate surface area is 118 Å². The Bertz CT molecular complexity index is 647. The lowest BCUT2D eigenvalue weighted by atomic mass is 10.2. The Morgan fingerprint density at radius 3 is 2.58 bits per heavy atom. The third kappa shape index (κ3) is 3.27. The van der Waals surface area contributed by atoms with Crippen molar-refractivity contribution in [1.82, 2.24) is 0 Å². The molecule has 0 radical (unpaired) electrons. The second kappa shape index (κ2) is 5.34. The quantitative estimate of drug-likeness (QED) is 0.521. The van der Waals surface area contributed by atoms with Gasteiger partial charge in [-0.1, -0.05) is 23.2 Å². The number of nitrogens with zero attached hydrogens (tertiary/aromatic N) is 1. The average Bonchev–Trinajstić information content (AvgIpc) is 2.33. The highest BCUT2D eigenvalue weighted by Crippen LogP contribution is 2.34. The molecule has 0 spiro atoms. The molecule has 5 nitrogen and oxygen atoms in total. The molecule has 0 saturated heterocycles. The Balaban J connectivity index is 2.38. The number of hydrogen-bond acceptors (Lipinski definition) is 4. The van der Waals surface area contributed by atoms with Crippen molar-refractivity contribution in [3.05, 3.63) is 56.6 Å². The Kier molecular flexibility index (Phi) is 3.78. The molecule has 0 aliphatic carbocycles. The molecule has 0 unspecified atom stereocenters. The number of benzene rings is 2. The first kappa shape index (κ1) is 13.5. The van der Waals surface area contributed by atoms with Crippen molar-refractivity contribution in [2.75, 3.05) is 5.73 Å². The number of ether oxygens (including phenoxy) is 1. The molecule has 0 bridgehead atoms. The van der Waals surface area contributed by atoms with E-state index in [1.165, 1.54) is 24.3 Å². The molecule has 2 aromatic carbocycles. The summed E-state index contributed by atoms with van der Waals surface area (Å²) in [6.07, 6.45) is 0. The van der Waals surface area contributed by atoms with E-state index < -0.39 is 4.92 Å². The molecule has 2 rings (SSSR count). The van der Waals surface area contributed by atoms with Gasteiger partial charge in [-0.05, 0) is 12.1 Å². The molecule has 19 heavy (non-hydrogen) atoms. The van der Waals surface area contributed by atoms with Gasteiger partial charge in [-0.3, -0.25) is 10.1 Å². The molecule has 0 amide bonds. The van der Waals surface area contributed by atoms with Crippen LogP contribution in [-0.2, 0) is 0 Å². The molecule has 0 aromatic heterocycles. The summed E-state index contributed by atoms with van der Waals surface area (Å²) in [4.78, 5) is 10.2. The first-order valence-corrected chi connectivity index (χ1v) is 5.89.